The summed E-state index contributed by atoms with van der Waals surface area (Å²) in [5.41, 5.74) is 4.90. The maximum absolute atomic E-state index is 13.3. The molecule has 2 unspecified atom stereocenters. The molecule has 2 heterocycles. The maximum atomic E-state index is 13.3. The predicted octanol–water partition coefficient (Wildman–Crippen LogP) is 2.81. The number of nitrogens with zero attached hydrogens (tertiary/aromatic N) is 4. The highest BCUT2D eigenvalue weighted by Gasteiger charge is 2.44. The highest BCUT2D eigenvalue weighted by Crippen LogP contribution is 2.41. The summed E-state index contributed by atoms with van der Waals surface area (Å²) in [6.07, 6.45) is -1.30. The van der Waals surface area contributed by atoms with Crippen molar-refractivity contribution in [2.45, 2.75) is 31.6 Å². The number of hydrogen-bond acceptors (Lipinski definition) is 4. The number of amides is 2. The van der Waals surface area contributed by atoms with Crippen LogP contribution in [0.3, 0.4) is 0 Å². The largest absolute Gasteiger partial charge is 0.416 e. The lowest BCUT2D eigenvalue weighted by molar-refractivity contribution is -0.138. The van der Waals surface area contributed by atoms with Gasteiger partial charge in [0.05, 0.1) is 5.56 Å². The molecule has 7 nitrogen and oxygen atoms in total. The van der Waals surface area contributed by atoms with Crippen LogP contribution in [-0.4, -0.2) is 57.7 Å². The van der Waals surface area contributed by atoms with E-state index in [9.17, 15) is 22.8 Å². The number of primary amides is 1. The fraction of sp³-hybridized carbons (Fsp3) is 0.476. The first kappa shape index (κ1) is 21.4. The Bertz CT molecular complexity index is 975. The number of carbonyl (C=O) groups is 2. The SMILES string of the molecule is CN(Cc1ccccc1C(F)(F)F)C1CC2CN(C(=O)n3ccc(C(N)=O)n3)CC2C1. The van der Waals surface area contributed by atoms with Crippen LogP contribution in [0.2, 0.25) is 0 Å². The highest BCUT2D eigenvalue weighted by atomic mass is 19.4. The molecule has 1 saturated heterocycles. The third-order valence-electron chi connectivity index (χ3n) is 6.40. The fourth-order valence-corrected chi connectivity index (χ4v) is 4.82. The second-order valence-corrected chi connectivity index (χ2v) is 8.41. The molecule has 2 amide bonds. The van der Waals surface area contributed by atoms with E-state index in [1.54, 1.807) is 11.0 Å². The Hall–Kier alpha value is -2.88. The van der Waals surface area contributed by atoms with Gasteiger partial charge in [-0.1, -0.05) is 18.2 Å². The minimum atomic E-state index is -4.37. The topological polar surface area (TPSA) is 84.5 Å². The average Bonchev–Trinajstić information content (AvgIpc) is 3.41. The van der Waals surface area contributed by atoms with E-state index in [-0.39, 0.29) is 29.9 Å². The van der Waals surface area contributed by atoms with Gasteiger partial charge < -0.3 is 10.6 Å². The lowest BCUT2D eigenvalue weighted by Gasteiger charge is -2.27. The number of hydrogen-bond donors (Lipinski definition) is 1. The molecule has 0 bridgehead atoms. The first-order valence-corrected chi connectivity index (χ1v) is 10.1. The van der Waals surface area contributed by atoms with Crippen LogP contribution >= 0.6 is 0 Å². The number of alkyl halides is 3. The summed E-state index contributed by atoms with van der Waals surface area (Å²) in [7, 11) is 1.86. The van der Waals surface area contributed by atoms with E-state index < -0.39 is 17.6 Å². The molecule has 2 aromatic rings. The molecule has 1 aromatic heterocycles. The van der Waals surface area contributed by atoms with E-state index in [1.807, 2.05) is 11.9 Å². The van der Waals surface area contributed by atoms with Crippen LogP contribution in [0.1, 0.15) is 34.5 Å². The van der Waals surface area contributed by atoms with Gasteiger partial charge in [0.1, 0.15) is 0 Å². The first-order valence-electron chi connectivity index (χ1n) is 10.1. The van der Waals surface area contributed by atoms with E-state index >= 15 is 0 Å². The molecule has 1 saturated carbocycles. The van der Waals surface area contributed by atoms with Crippen molar-refractivity contribution in [1.29, 1.82) is 0 Å². The minimum Gasteiger partial charge on any atom is -0.364 e. The van der Waals surface area contributed by atoms with Crippen LogP contribution in [0.4, 0.5) is 18.0 Å². The normalized spacial score (nSPS) is 23.4. The Balaban J connectivity index is 1.36. The highest BCUT2D eigenvalue weighted by molar-refractivity contribution is 5.91. The quantitative estimate of drug-likeness (QED) is 0.801. The van der Waals surface area contributed by atoms with Crippen molar-refractivity contribution in [2.75, 3.05) is 20.1 Å². The van der Waals surface area contributed by atoms with E-state index in [0.717, 1.165) is 23.6 Å². The van der Waals surface area contributed by atoms with Gasteiger partial charge in [-0.3, -0.25) is 9.69 Å². The van der Waals surface area contributed by atoms with Crippen LogP contribution in [0.25, 0.3) is 0 Å². The summed E-state index contributed by atoms with van der Waals surface area (Å²) in [6.45, 7) is 1.36. The molecule has 31 heavy (non-hydrogen) atoms. The third-order valence-corrected chi connectivity index (χ3v) is 6.40. The molecule has 10 heteroatoms. The molecule has 1 aliphatic heterocycles. The monoisotopic (exact) mass is 435 g/mol. The molecule has 2 aliphatic rings. The number of nitrogens with two attached hydrogens (primary N) is 1. The number of likely N-dealkylation sites (tertiary alicyclic amines) is 1. The number of aromatic nitrogens is 2. The van der Waals surface area contributed by atoms with Crippen LogP contribution < -0.4 is 5.73 Å². The Morgan fingerprint density at radius 1 is 1.16 bits per heavy atom. The molecule has 0 spiro atoms. The Morgan fingerprint density at radius 2 is 1.81 bits per heavy atom. The fourth-order valence-electron chi connectivity index (χ4n) is 4.82. The molecule has 1 aliphatic carbocycles. The maximum Gasteiger partial charge on any atom is 0.416 e. The third kappa shape index (κ3) is 4.30. The molecule has 2 fully saturated rings. The smallest absolute Gasteiger partial charge is 0.364 e. The number of rotatable bonds is 4. The van der Waals surface area contributed by atoms with Crippen LogP contribution in [0.15, 0.2) is 36.5 Å². The molecule has 166 valence electrons. The van der Waals surface area contributed by atoms with E-state index in [4.69, 9.17) is 5.73 Å². The van der Waals surface area contributed by atoms with Crippen molar-refractivity contribution in [1.82, 2.24) is 19.6 Å². The van der Waals surface area contributed by atoms with Crippen molar-refractivity contribution in [2.24, 2.45) is 17.6 Å². The van der Waals surface area contributed by atoms with Gasteiger partial charge in [-0.25, -0.2) is 4.79 Å². The molecular weight excluding hydrogens is 411 g/mol. The zero-order chi connectivity index (χ0) is 22.3. The summed E-state index contributed by atoms with van der Waals surface area (Å²) in [6, 6.07) is 6.95. The van der Waals surface area contributed by atoms with Gasteiger partial charge in [-0.05, 0) is 49.4 Å². The van der Waals surface area contributed by atoms with Crippen molar-refractivity contribution in [3.63, 3.8) is 0 Å². The zero-order valence-electron chi connectivity index (χ0n) is 17.0. The predicted molar refractivity (Wildman–Crippen MR) is 106 cm³/mol. The van der Waals surface area contributed by atoms with Crippen molar-refractivity contribution < 1.29 is 22.8 Å². The van der Waals surface area contributed by atoms with E-state index in [1.165, 1.54) is 24.4 Å². The molecule has 4 rings (SSSR count). The van der Waals surface area contributed by atoms with Gasteiger partial charge in [0.25, 0.3) is 5.91 Å². The van der Waals surface area contributed by atoms with Gasteiger partial charge in [-0.15, -0.1) is 0 Å². The molecular formula is C21H24F3N5O2. The minimum absolute atomic E-state index is 0.0357. The number of carbonyl (C=O) groups excluding carboxylic acids is 2. The first-order chi connectivity index (χ1) is 14.6. The Kier molecular flexibility index (Phi) is 5.50. The number of benzene rings is 1. The summed E-state index contributed by atoms with van der Waals surface area (Å²) in [5, 5.41) is 3.92. The molecule has 1 aromatic carbocycles. The summed E-state index contributed by atoms with van der Waals surface area (Å²) >= 11 is 0. The second-order valence-electron chi connectivity index (χ2n) is 8.41. The molecule has 0 radical (unpaired) electrons. The molecule has 2 N–H and O–H groups in total. The van der Waals surface area contributed by atoms with E-state index in [0.29, 0.717) is 24.9 Å². The Labute approximate surface area is 177 Å². The van der Waals surface area contributed by atoms with Gasteiger partial charge in [0.2, 0.25) is 0 Å². The van der Waals surface area contributed by atoms with Gasteiger partial charge in [0, 0.05) is 31.9 Å². The lowest BCUT2D eigenvalue weighted by Crippen LogP contribution is -2.36. The van der Waals surface area contributed by atoms with Crippen LogP contribution in [0.5, 0.6) is 0 Å². The number of fused-ring (bicyclic) bond motifs is 1. The van der Waals surface area contributed by atoms with Crippen LogP contribution in [-0.2, 0) is 12.7 Å². The van der Waals surface area contributed by atoms with Gasteiger partial charge in [0.15, 0.2) is 5.69 Å². The van der Waals surface area contributed by atoms with Crippen LogP contribution in [0, 0.1) is 11.8 Å². The lowest BCUT2D eigenvalue weighted by atomic mass is 10.0. The van der Waals surface area contributed by atoms with Crippen molar-refractivity contribution in [3.8, 4) is 0 Å². The second kappa shape index (κ2) is 7.99. The number of halogens is 3. The van der Waals surface area contributed by atoms with Gasteiger partial charge >= 0.3 is 12.2 Å². The summed E-state index contributed by atoms with van der Waals surface area (Å²) < 4.78 is 41.0. The summed E-state index contributed by atoms with van der Waals surface area (Å²) in [5.74, 6) is -0.108. The van der Waals surface area contributed by atoms with Crippen molar-refractivity contribution >= 4 is 11.9 Å². The summed E-state index contributed by atoms with van der Waals surface area (Å²) in [4.78, 5) is 27.5. The Morgan fingerprint density at radius 3 is 2.39 bits per heavy atom. The molecule has 2 atom stereocenters. The zero-order valence-corrected chi connectivity index (χ0v) is 17.0. The van der Waals surface area contributed by atoms with E-state index in [2.05, 4.69) is 5.10 Å². The van der Waals surface area contributed by atoms with Gasteiger partial charge in [-0.2, -0.15) is 23.0 Å². The van der Waals surface area contributed by atoms with Crippen molar-refractivity contribution in [3.05, 3.63) is 53.3 Å². The average molecular weight is 435 g/mol. The standard InChI is InChI=1S/C21H24F3N5O2/c1-27(10-13-4-2-3-5-17(13)21(22,23)24)16-8-14-11-28(12-15(14)9-16)20(31)29-7-6-18(26-29)19(25)30/h2-7,14-16H,8-12H2,1H3,(H2,25,30).